The van der Waals surface area contributed by atoms with Crippen LogP contribution in [0.4, 0.5) is 0 Å². The summed E-state index contributed by atoms with van der Waals surface area (Å²) in [6, 6.07) is 10.5. The topological polar surface area (TPSA) is 38.1 Å². The number of carbonyl (C=O) groups is 1. The number of rotatable bonds is 4. The number of aryl methyl sites for hydroxylation is 2. The largest absolute Gasteiger partial charge is 0.294 e. The molecular weight excluding hydrogens is 342 g/mol. The zero-order valence-corrected chi connectivity index (χ0v) is 16.3. The van der Waals surface area contributed by atoms with Crippen LogP contribution in [0, 0.1) is 20.8 Å². The Morgan fingerprint density at radius 2 is 1.96 bits per heavy atom. The Hall–Kier alpha value is -2.24. The van der Waals surface area contributed by atoms with Crippen molar-refractivity contribution in [2.24, 2.45) is 0 Å². The quantitative estimate of drug-likeness (QED) is 0.653. The molecule has 0 amide bonds. The molecule has 134 valence electrons. The van der Waals surface area contributed by atoms with Gasteiger partial charge >= 0.3 is 0 Å². The first kappa shape index (κ1) is 17.2. The number of hydrogen-bond acceptors (Lipinski definition) is 4. The Bertz CT molecular complexity index is 970. The van der Waals surface area contributed by atoms with Gasteiger partial charge in [-0.3, -0.25) is 14.3 Å². The molecule has 0 atom stereocenters. The van der Waals surface area contributed by atoms with Crippen LogP contribution in [0.15, 0.2) is 35.7 Å². The molecular formula is C21H23N3OS. The molecule has 3 aromatic rings. The zero-order chi connectivity index (χ0) is 18.3. The van der Waals surface area contributed by atoms with E-state index in [1.54, 1.807) is 11.3 Å². The fourth-order valence-electron chi connectivity index (χ4n) is 3.76. The number of thiazole rings is 1. The maximum absolute atomic E-state index is 13.0. The van der Waals surface area contributed by atoms with Crippen LogP contribution in [0.5, 0.6) is 0 Å². The highest BCUT2D eigenvalue weighted by molar-refractivity contribution is 7.12. The predicted molar refractivity (Wildman–Crippen MR) is 105 cm³/mol. The molecule has 1 aliphatic rings. The second kappa shape index (κ2) is 6.82. The lowest BCUT2D eigenvalue weighted by atomic mass is 9.99. The zero-order valence-electron chi connectivity index (χ0n) is 15.5. The van der Waals surface area contributed by atoms with E-state index in [-0.39, 0.29) is 5.78 Å². The first-order chi connectivity index (χ1) is 12.5. The molecule has 0 fully saturated rings. The molecule has 0 saturated carbocycles. The van der Waals surface area contributed by atoms with Crippen molar-refractivity contribution in [3.05, 3.63) is 69.5 Å². The van der Waals surface area contributed by atoms with E-state index in [0.717, 1.165) is 47.3 Å². The number of aromatic nitrogens is 2. The van der Waals surface area contributed by atoms with Crippen LogP contribution >= 0.6 is 11.3 Å². The molecule has 3 heterocycles. The van der Waals surface area contributed by atoms with Gasteiger partial charge in [-0.05, 0) is 44.4 Å². The molecule has 0 bridgehead atoms. The van der Waals surface area contributed by atoms with Crippen LogP contribution in [0.2, 0.25) is 0 Å². The van der Waals surface area contributed by atoms with Crippen molar-refractivity contribution in [3.63, 3.8) is 0 Å². The van der Waals surface area contributed by atoms with E-state index in [4.69, 9.17) is 0 Å². The lowest BCUT2D eigenvalue weighted by Gasteiger charge is -2.28. The molecule has 0 aliphatic carbocycles. The molecule has 5 heteroatoms. The van der Waals surface area contributed by atoms with E-state index in [2.05, 4.69) is 38.7 Å². The van der Waals surface area contributed by atoms with Gasteiger partial charge < -0.3 is 0 Å². The minimum atomic E-state index is 0.192. The molecule has 1 aliphatic heterocycles. The number of carbonyl (C=O) groups excluding carboxylic acids is 1. The smallest absolute Gasteiger partial charge is 0.194 e. The Morgan fingerprint density at radius 3 is 2.69 bits per heavy atom. The maximum atomic E-state index is 13.0. The average molecular weight is 366 g/mol. The van der Waals surface area contributed by atoms with Crippen molar-refractivity contribution in [2.45, 2.75) is 33.7 Å². The van der Waals surface area contributed by atoms with Gasteiger partial charge in [-0.1, -0.05) is 24.3 Å². The van der Waals surface area contributed by atoms with E-state index in [1.807, 2.05) is 32.2 Å². The van der Waals surface area contributed by atoms with Crippen molar-refractivity contribution >= 4 is 17.1 Å². The molecule has 0 radical (unpaired) electrons. The second-order valence-corrected chi connectivity index (χ2v) is 7.88. The van der Waals surface area contributed by atoms with E-state index < -0.39 is 0 Å². The molecule has 0 unspecified atom stereocenters. The van der Waals surface area contributed by atoms with Crippen molar-refractivity contribution in [2.75, 3.05) is 13.1 Å². The lowest BCUT2D eigenvalue weighted by Crippen LogP contribution is -2.35. The Kier molecular flexibility index (Phi) is 4.51. The molecule has 0 spiro atoms. The highest BCUT2D eigenvalue weighted by atomic mass is 32.1. The van der Waals surface area contributed by atoms with Gasteiger partial charge in [0.05, 0.1) is 12.2 Å². The number of Topliss-reactive ketones (excluding diaryl/α,β-unsaturated/α-hetero) is 1. The lowest BCUT2D eigenvalue weighted by molar-refractivity contribution is 0.0921. The van der Waals surface area contributed by atoms with Gasteiger partial charge in [0, 0.05) is 35.4 Å². The second-order valence-electron chi connectivity index (χ2n) is 7.04. The normalized spacial score (nSPS) is 14.4. The van der Waals surface area contributed by atoms with Gasteiger partial charge in [0.1, 0.15) is 0 Å². The monoisotopic (exact) mass is 365 g/mol. The third-order valence-corrected chi connectivity index (χ3v) is 6.05. The van der Waals surface area contributed by atoms with Gasteiger partial charge in [-0.25, -0.2) is 4.98 Å². The Labute approximate surface area is 158 Å². The number of nitrogens with zero attached hydrogens (tertiary/aromatic N) is 3. The molecule has 1 aromatic carbocycles. The molecule has 2 aromatic heterocycles. The average Bonchev–Trinajstić information content (AvgIpc) is 3.17. The number of fused-ring (bicyclic) bond motifs is 1. The molecule has 26 heavy (non-hydrogen) atoms. The summed E-state index contributed by atoms with van der Waals surface area (Å²) >= 11 is 1.61. The summed E-state index contributed by atoms with van der Waals surface area (Å²) in [5.41, 5.74) is 6.62. The minimum absolute atomic E-state index is 0.192. The predicted octanol–water partition coefficient (Wildman–Crippen LogP) is 4.10. The molecule has 4 nitrogen and oxygen atoms in total. The summed E-state index contributed by atoms with van der Waals surface area (Å²) in [6.07, 6.45) is 1.01. The molecule has 0 N–H and O–H groups in total. The van der Waals surface area contributed by atoms with Crippen LogP contribution in [0.3, 0.4) is 0 Å². The maximum Gasteiger partial charge on any atom is 0.194 e. The van der Waals surface area contributed by atoms with E-state index in [0.29, 0.717) is 6.54 Å². The number of hydrogen-bond donors (Lipinski definition) is 0. The standard InChI is InChI=1S/C21H23N3OS/c1-14-13-26-21(22-14)24-15(2)10-19(16(24)3)20(25)12-23-9-8-17-6-4-5-7-18(17)11-23/h4-7,10,13H,8-9,11-12H2,1-3H3. The van der Waals surface area contributed by atoms with Crippen LogP contribution in [-0.2, 0) is 13.0 Å². The summed E-state index contributed by atoms with van der Waals surface area (Å²) in [7, 11) is 0. The number of ketones is 1. The number of benzene rings is 1. The summed E-state index contributed by atoms with van der Waals surface area (Å²) in [4.78, 5) is 19.8. The van der Waals surface area contributed by atoms with Crippen molar-refractivity contribution in [1.82, 2.24) is 14.5 Å². The van der Waals surface area contributed by atoms with Crippen LogP contribution in [0.1, 0.15) is 38.6 Å². The van der Waals surface area contributed by atoms with Crippen molar-refractivity contribution < 1.29 is 4.79 Å². The summed E-state index contributed by atoms with van der Waals surface area (Å²) in [6.45, 7) is 8.31. The van der Waals surface area contributed by atoms with E-state index in [1.165, 1.54) is 11.1 Å². The Morgan fingerprint density at radius 1 is 1.19 bits per heavy atom. The third kappa shape index (κ3) is 3.13. The van der Waals surface area contributed by atoms with Crippen LogP contribution in [-0.4, -0.2) is 33.3 Å². The van der Waals surface area contributed by atoms with Gasteiger partial charge in [0.25, 0.3) is 0 Å². The van der Waals surface area contributed by atoms with Crippen molar-refractivity contribution in [3.8, 4) is 5.13 Å². The molecule has 4 rings (SSSR count). The van der Waals surface area contributed by atoms with Gasteiger partial charge in [-0.15, -0.1) is 11.3 Å². The van der Waals surface area contributed by atoms with Crippen LogP contribution in [0.25, 0.3) is 5.13 Å². The van der Waals surface area contributed by atoms with E-state index in [9.17, 15) is 4.79 Å². The van der Waals surface area contributed by atoms with E-state index >= 15 is 0 Å². The first-order valence-electron chi connectivity index (χ1n) is 8.96. The fraction of sp³-hybridized carbons (Fsp3) is 0.333. The van der Waals surface area contributed by atoms with Crippen LogP contribution < -0.4 is 0 Å². The van der Waals surface area contributed by atoms with Gasteiger partial charge in [0.2, 0.25) is 0 Å². The summed E-state index contributed by atoms with van der Waals surface area (Å²) in [5.74, 6) is 0.192. The summed E-state index contributed by atoms with van der Waals surface area (Å²) < 4.78 is 2.09. The SMILES string of the molecule is Cc1csc(-n2c(C)cc(C(=O)CN3CCc4ccccc4C3)c2C)n1. The van der Waals surface area contributed by atoms with Crippen molar-refractivity contribution in [1.29, 1.82) is 0 Å². The highest BCUT2D eigenvalue weighted by Crippen LogP contribution is 2.25. The minimum Gasteiger partial charge on any atom is -0.294 e. The third-order valence-electron chi connectivity index (χ3n) is 5.11. The van der Waals surface area contributed by atoms with Gasteiger partial charge in [0.15, 0.2) is 10.9 Å². The molecule has 0 saturated heterocycles. The fourth-order valence-corrected chi connectivity index (χ4v) is 4.67. The Balaban J connectivity index is 1.54. The highest BCUT2D eigenvalue weighted by Gasteiger charge is 2.22. The summed E-state index contributed by atoms with van der Waals surface area (Å²) in [5, 5.41) is 2.98. The first-order valence-corrected chi connectivity index (χ1v) is 9.84. The van der Waals surface area contributed by atoms with Gasteiger partial charge in [-0.2, -0.15) is 0 Å².